The van der Waals surface area contributed by atoms with Crippen LogP contribution < -0.4 is 0 Å². The van der Waals surface area contributed by atoms with E-state index >= 15 is 0 Å². The van der Waals surface area contributed by atoms with Crippen molar-refractivity contribution in [3.8, 4) is 0 Å². The molecule has 1 heterocycles. The van der Waals surface area contributed by atoms with E-state index in [-0.39, 0.29) is 0 Å². The molecule has 2 atom stereocenters. The standard InChI is InChI=1S/C9H19NS/c1-7(2)9-5-8(11-4)6-10(9)3/h7-9H,5-6H2,1-4H3/t8?,9-/m0/s1. The van der Waals surface area contributed by atoms with Gasteiger partial charge in [0.25, 0.3) is 0 Å². The minimum atomic E-state index is 0.817. The normalized spacial score (nSPS) is 33.5. The molecule has 0 aliphatic carbocycles. The number of hydrogen-bond acceptors (Lipinski definition) is 2. The van der Waals surface area contributed by atoms with E-state index in [0.717, 1.165) is 17.2 Å². The van der Waals surface area contributed by atoms with Gasteiger partial charge in [0.2, 0.25) is 0 Å². The first kappa shape index (κ1) is 9.40. The molecule has 66 valence electrons. The third kappa shape index (κ3) is 2.12. The highest BCUT2D eigenvalue weighted by atomic mass is 32.2. The summed E-state index contributed by atoms with van der Waals surface area (Å²) in [4.78, 5) is 2.51. The van der Waals surface area contributed by atoms with Crippen LogP contribution in [-0.2, 0) is 0 Å². The molecule has 0 bridgehead atoms. The van der Waals surface area contributed by atoms with E-state index in [1.165, 1.54) is 13.0 Å². The summed E-state index contributed by atoms with van der Waals surface area (Å²) in [6.45, 7) is 5.93. The molecule has 0 spiro atoms. The van der Waals surface area contributed by atoms with Gasteiger partial charge in [-0.1, -0.05) is 13.8 Å². The molecule has 0 radical (unpaired) electrons. The highest BCUT2D eigenvalue weighted by Gasteiger charge is 2.30. The summed E-state index contributed by atoms with van der Waals surface area (Å²) in [6, 6.07) is 0.826. The van der Waals surface area contributed by atoms with Crippen LogP contribution in [0.1, 0.15) is 20.3 Å². The predicted molar refractivity (Wildman–Crippen MR) is 53.2 cm³/mol. The van der Waals surface area contributed by atoms with E-state index in [9.17, 15) is 0 Å². The molecule has 11 heavy (non-hydrogen) atoms. The zero-order valence-electron chi connectivity index (χ0n) is 8.00. The second-order valence-electron chi connectivity index (χ2n) is 3.84. The maximum Gasteiger partial charge on any atom is 0.0187 e. The molecule has 0 amide bonds. The van der Waals surface area contributed by atoms with Crippen molar-refractivity contribution in [2.45, 2.75) is 31.6 Å². The molecule has 1 saturated heterocycles. The first-order chi connectivity index (χ1) is 5.15. The molecule has 0 aromatic rings. The van der Waals surface area contributed by atoms with Crippen LogP contribution in [0.25, 0.3) is 0 Å². The van der Waals surface area contributed by atoms with E-state index in [0.29, 0.717) is 0 Å². The Labute approximate surface area is 74.5 Å². The van der Waals surface area contributed by atoms with Crippen molar-refractivity contribution < 1.29 is 0 Å². The highest BCUT2D eigenvalue weighted by molar-refractivity contribution is 7.99. The summed E-state index contributed by atoms with van der Waals surface area (Å²) in [5.41, 5.74) is 0. The van der Waals surface area contributed by atoms with Gasteiger partial charge in [-0.05, 0) is 25.6 Å². The lowest BCUT2D eigenvalue weighted by Crippen LogP contribution is -2.29. The molecule has 1 aliphatic heterocycles. The Hall–Kier alpha value is 0.310. The molecule has 1 unspecified atom stereocenters. The summed E-state index contributed by atoms with van der Waals surface area (Å²) in [5, 5.41) is 0.882. The smallest absolute Gasteiger partial charge is 0.0187 e. The van der Waals surface area contributed by atoms with E-state index in [1.54, 1.807) is 0 Å². The maximum absolute atomic E-state index is 2.51. The minimum Gasteiger partial charge on any atom is -0.302 e. The Balaban J connectivity index is 2.45. The monoisotopic (exact) mass is 173 g/mol. The van der Waals surface area contributed by atoms with Gasteiger partial charge in [0.1, 0.15) is 0 Å². The van der Waals surface area contributed by atoms with Gasteiger partial charge in [-0.3, -0.25) is 0 Å². The Morgan fingerprint density at radius 1 is 1.45 bits per heavy atom. The largest absolute Gasteiger partial charge is 0.302 e. The molecule has 0 aromatic carbocycles. The second-order valence-corrected chi connectivity index (χ2v) is 4.98. The lowest BCUT2D eigenvalue weighted by atomic mass is 10.0. The topological polar surface area (TPSA) is 3.24 Å². The zero-order chi connectivity index (χ0) is 8.43. The van der Waals surface area contributed by atoms with E-state index in [1.807, 2.05) is 11.8 Å². The Kier molecular flexibility index (Phi) is 3.26. The molecule has 1 fully saturated rings. The SMILES string of the molecule is CSC1C[C@@H](C(C)C)N(C)C1. The highest BCUT2D eigenvalue weighted by Crippen LogP contribution is 2.28. The van der Waals surface area contributed by atoms with Crippen molar-refractivity contribution in [3.05, 3.63) is 0 Å². The average Bonchev–Trinajstić information content (AvgIpc) is 2.30. The molecule has 1 rings (SSSR count). The number of nitrogens with zero attached hydrogens (tertiary/aromatic N) is 1. The van der Waals surface area contributed by atoms with Crippen LogP contribution in [0.15, 0.2) is 0 Å². The van der Waals surface area contributed by atoms with Crippen LogP contribution in [0.5, 0.6) is 0 Å². The maximum atomic E-state index is 2.51. The number of rotatable bonds is 2. The lowest BCUT2D eigenvalue weighted by molar-refractivity contribution is 0.250. The zero-order valence-corrected chi connectivity index (χ0v) is 8.82. The fraction of sp³-hybridized carbons (Fsp3) is 1.00. The quantitative estimate of drug-likeness (QED) is 0.629. The molecule has 1 aliphatic rings. The summed E-state index contributed by atoms with van der Waals surface area (Å²) < 4.78 is 0. The van der Waals surface area contributed by atoms with Crippen molar-refractivity contribution >= 4 is 11.8 Å². The van der Waals surface area contributed by atoms with Crippen LogP contribution in [0.3, 0.4) is 0 Å². The van der Waals surface area contributed by atoms with Gasteiger partial charge in [0.15, 0.2) is 0 Å². The third-order valence-corrected chi connectivity index (χ3v) is 3.67. The number of likely N-dealkylation sites (tertiary alicyclic amines) is 1. The molecule has 2 heteroatoms. The Bertz CT molecular complexity index is 125. The van der Waals surface area contributed by atoms with Crippen molar-refractivity contribution in [3.63, 3.8) is 0 Å². The van der Waals surface area contributed by atoms with Crippen molar-refractivity contribution in [1.82, 2.24) is 4.90 Å². The van der Waals surface area contributed by atoms with Gasteiger partial charge in [0, 0.05) is 17.8 Å². The molecule has 1 nitrogen and oxygen atoms in total. The van der Waals surface area contributed by atoms with Crippen LogP contribution >= 0.6 is 11.8 Å². The molecular weight excluding hydrogens is 154 g/mol. The number of thioether (sulfide) groups is 1. The van der Waals surface area contributed by atoms with Crippen molar-refractivity contribution in [2.24, 2.45) is 5.92 Å². The fourth-order valence-corrected chi connectivity index (χ4v) is 2.71. The van der Waals surface area contributed by atoms with Gasteiger partial charge in [-0.15, -0.1) is 0 Å². The molecule has 0 N–H and O–H groups in total. The van der Waals surface area contributed by atoms with Gasteiger partial charge < -0.3 is 4.90 Å². The van der Waals surface area contributed by atoms with Gasteiger partial charge in [0.05, 0.1) is 0 Å². The van der Waals surface area contributed by atoms with Gasteiger partial charge >= 0.3 is 0 Å². The van der Waals surface area contributed by atoms with E-state index in [4.69, 9.17) is 0 Å². The fourth-order valence-electron chi connectivity index (χ4n) is 1.93. The molecular formula is C9H19NS. The van der Waals surface area contributed by atoms with Crippen molar-refractivity contribution in [1.29, 1.82) is 0 Å². The summed E-state index contributed by atoms with van der Waals surface area (Å²) in [6.07, 6.45) is 3.61. The third-order valence-electron chi connectivity index (χ3n) is 2.67. The van der Waals surface area contributed by atoms with Crippen molar-refractivity contribution in [2.75, 3.05) is 19.8 Å². The van der Waals surface area contributed by atoms with E-state index in [2.05, 4.69) is 32.1 Å². The second kappa shape index (κ2) is 3.81. The number of hydrogen-bond donors (Lipinski definition) is 0. The first-order valence-electron chi connectivity index (χ1n) is 4.38. The first-order valence-corrected chi connectivity index (χ1v) is 5.67. The Morgan fingerprint density at radius 3 is 2.36 bits per heavy atom. The van der Waals surface area contributed by atoms with Crippen LogP contribution in [0, 0.1) is 5.92 Å². The minimum absolute atomic E-state index is 0.817. The summed E-state index contributed by atoms with van der Waals surface area (Å²) in [5.74, 6) is 0.817. The molecule has 0 aromatic heterocycles. The molecule has 0 saturated carbocycles. The van der Waals surface area contributed by atoms with Crippen LogP contribution in [0.4, 0.5) is 0 Å². The van der Waals surface area contributed by atoms with Crippen LogP contribution in [0.2, 0.25) is 0 Å². The van der Waals surface area contributed by atoms with Gasteiger partial charge in [-0.25, -0.2) is 0 Å². The van der Waals surface area contributed by atoms with E-state index < -0.39 is 0 Å². The summed E-state index contributed by atoms with van der Waals surface area (Å²) in [7, 11) is 2.25. The summed E-state index contributed by atoms with van der Waals surface area (Å²) >= 11 is 2.02. The van der Waals surface area contributed by atoms with Gasteiger partial charge in [-0.2, -0.15) is 11.8 Å². The lowest BCUT2D eigenvalue weighted by Gasteiger charge is -2.22. The average molecular weight is 173 g/mol. The van der Waals surface area contributed by atoms with Crippen LogP contribution in [-0.4, -0.2) is 36.0 Å². The predicted octanol–water partition coefficient (Wildman–Crippen LogP) is 2.08. The Morgan fingerprint density at radius 2 is 2.09 bits per heavy atom.